The summed E-state index contributed by atoms with van der Waals surface area (Å²) in [5.74, 6) is 0. The summed E-state index contributed by atoms with van der Waals surface area (Å²) in [6.07, 6.45) is -5.08. The van der Waals surface area contributed by atoms with Crippen LogP contribution in [0, 0.1) is 20.2 Å². The van der Waals surface area contributed by atoms with Gasteiger partial charge in [-0.2, -0.15) is 13.2 Å². The van der Waals surface area contributed by atoms with E-state index in [2.05, 4.69) is 0 Å². The SMILES string of the molecule is O=C(Cl)c1ccc(-c2c([N+](=O)[O-])cc([N+](=O)[O-])cc2C(F)(F)F)cc1. The molecule has 0 aliphatic heterocycles. The van der Waals surface area contributed by atoms with Crippen LogP contribution in [0.4, 0.5) is 24.5 Å². The number of nitro groups is 2. The van der Waals surface area contributed by atoms with E-state index in [-0.39, 0.29) is 17.2 Å². The molecule has 0 radical (unpaired) electrons. The van der Waals surface area contributed by atoms with Crippen molar-refractivity contribution in [2.45, 2.75) is 6.18 Å². The number of nitro benzene ring substituents is 2. The van der Waals surface area contributed by atoms with Crippen LogP contribution in [-0.2, 0) is 6.18 Å². The molecule has 0 fully saturated rings. The second-order valence-corrected chi connectivity index (χ2v) is 5.09. The molecule has 0 saturated heterocycles. The summed E-state index contributed by atoms with van der Waals surface area (Å²) < 4.78 is 39.9. The van der Waals surface area contributed by atoms with E-state index in [1.54, 1.807) is 0 Å². The summed E-state index contributed by atoms with van der Waals surface area (Å²) >= 11 is 5.24. The number of alkyl halides is 3. The highest BCUT2D eigenvalue weighted by molar-refractivity contribution is 6.67. The molecule has 0 spiro atoms. The van der Waals surface area contributed by atoms with Gasteiger partial charge in [0.2, 0.25) is 0 Å². The Bertz CT molecular complexity index is 881. The van der Waals surface area contributed by atoms with Gasteiger partial charge >= 0.3 is 6.18 Å². The molecule has 2 aromatic carbocycles. The summed E-state index contributed by atoms with van der Waals surface area (Å²) in [5.41, 5.74) is -4.77. The van der Waals surface area contributed by atoms with Crippen LogP contribution in [0.2, 0.25) is 0 Å². The Morgan fingerprint density at radius 1 is 1.00 bits per heavy atom. The second kappa shape index (κ2) is 6.48. The number of non-ortho nitro benzene ring substituents is 1. The van der Waals surface area contributed by atoms with Crippen molar-refractivity contribution in [3.05, 3.63) is 67.8 Å². The molecule has 0 saturated carbocycles. The Labute approximate surface area is 141 Å². The Balaban J connectivity index is 2.84. The summed E-state index contributed by atoms with van der Waals surface area (Å²) in [6, 6.07) is 4.94. The van der Waals surface area contributed by atoms with Crippen LogP contribution < -0.4 is 0 Å². The lowest BCUT2D eigenvalue weighted by atomic mass is 9.95. The van der Waals surface area contributed by atoms with Gasteiger partial charge in [-0.1, -0.05) is 12.1 Å². The summed E-state index contributed by atoms with van der Waals surface area (Å²) in [6.45, 7) is 0. The van der Waals surface area contributed by atoms with Gasteiger partial charge in [0, 0.05) is 11.6 Å². The predicted molar refractivity (Wildman–Crippen MR) is 80.4 cm³/mol. The van der Waals surface area contributed by atoms with E-state index < -0.39 is 43.8 Å². The molecular weight excluding hydrogens is 369 g/mol. The highest BCUT2D eigenvalue weighted by Crippen LogP contribution is 2.44. The molecule has 0 N–H and O–H groups in total. The number of carbonyl (C=O) groups is 1. The van der Waals surface area contributed by atoms with Crippen molar-refractivity contribution >= 4 is 28.2 Å². The number of hydrogen-bond donors (Lipinski definition) is 0. The van der Waals surface area contributed by atoms with Gasteiger partial charge in [0.05, 0.1) is 27.0 Å². The van der Waals surface area contributed by atoms with Gasteiger partial charge in [0.1, 0.15) is 0 Å². The van der Waals surface area contributed by atoms with Crippen molar-refractivity contribution in [2.24, 2.45) is 0 Å². The summed E-state index contributed by atoms with van der Waals surface area (Å²) in [7, 11) is 0. The Morgan fingerprint density at radius 3 is 1.96 bits per heavy atom. The molecule has 7 nitrogen and oxygen atoms in total. The maximum atomic E-state index is 13.3. The highest BCUT2D eigenvalue weighted by atomic mass is 35.5. The van der Waals surface area contributed by atoms with E-state index in [0.29, 0.717) is 6.07 Å². The molecule has 2 rings (SSSR count). The highest BCUT2D eigenvalue weighted by Gasteiger charge is 2.39. The number of carbonyl (C=O) groups excluding carboxylic acids is 1. The molecule has 0 aromatic heterocycles. The van der Waals surface area contributed by atoms with Crippen LogP contribution in [0.1, 0.15) is 15.9 Å². The maximum Gasteiger partial charge on any atom is 0.417 e. The average Bonchev–Trinajstić information content (AvgIpc) is 2.52. The molecule has 11 heteroatoms. The Kier molecular flexibility index (Phi) is 4.75. The van der Waals surface area contributed by atoms with Crippen LogP contribution in [0.3, 0.4) is 0 Å². The molecule has 0 unspecified atom stereocenters. The third-order valence-corrected chi connectivity index (χ3v) is 3.43. The largest absolute Gasteiger partial charge is 0.417 e. The summed E-state index contributed by atoms with van der Waals surface area (Å²) in [5, 5.41) is 21.1. The zero-order chi connectivity index (χ0) is 18.9. The number of halogens is 4. The minimum atomic E-state index is -5.08. The van der Waals surface area contributed by atoms with E-state index in [9.17, 15) is 38.2 Å². The van der Waals surface area contributed by atoms with E-state index in [1.165, 1.54) is 0 Å². The van der Waals surface area contributed by atoms with Crippen LogP contribution in [-0.4, -0.2) is 15.1 Å². The summed E-state index contributed by atoms with van der Waals surface area (Å²) in [4.78, 5) is 30.7. The predicted octanol–water partition coefficient (Wildman–Crippen LogP) is 4.57. The minimum absolute atomic E-state index is 0.0245. The lowest BCUT2D eigenvalue weighted by Gasteiger charge is -2.13. The van der Waals surface area contributed by atoms with Gasteiger partial charge in [-0.3, -0.25) is 25.0 Å². The third kappa shape index (κ3) is 3.74. The van der Waals surface area contributed by atoms with Gasteiger partial charge in [0.15, 0.2) is 0 Å². The minimum Gasteiger partial charge on any atom is -0.276 e. The zero-order valence-corrected chi connectivity index (χ0v) is 12.7. The smallest absolute Gasteiger partial charge is 0.276 e. The van der Waals surface area contributed by atoms with Gasteiger partial charge in [0.25, 0.3) is 16.6 Å². The van der Waals surface area contributed by atoms with E-state index in [4.69, 9.17) is 11.6 Å². The number of hydrogen-bond acceptors (Lipinski definition) is 5. The Morgan fingerprint density at radius 2 is 1.56 bits per heavy atom. The monoisotopic (exact) mass is 374 g/mol. The van der Waals surface area contributed by atoms with Crippen LogP contribution >= 0.6 is 11.6 Å². The first-order chi connectivity index (χ1) is 11.5. The topological polar surface area (TPSA) is 103 Å². The number of rotatable bonds is 4. The molecular formula is C14H6ClF3N2O5. The fraction of sp³-hybridized carbons (Fsp3) is 0.0714. The number of benzene rings is 2. The van der Waals surface area contributed by atoms with Gasteiger partial charge in [-0.05, 0) is 29.3 Å². The zero-order valence-electron chi connectivity index (χ0n) is 11.9. The van der Waals surface area contributed by atoms with E-state index in [0.717, 1.165) is 24.3 Å². The van der Waals surface area contributed by atoms with Crippen molar-refractivity contribution < 1.29 is 27.8 Å². The lowest BCUT2D eigenvalue weighted by molar-refractivity contribution is -0.394. The average molecular weight is 375 g/mol. The molecule has 0 aliphatic carbocycles. The fourth-order valence-corrected chi connectivity index (χ4v) is 2.28. The Hall–Kier alpha value is -3.01. The molecule has 0 atom stereocenters. The second-order valence-electron chi connectivity index (χ2n) is 4.75. The van der Waals surface area contributed by atoms with Crippen molar-refractivity contribution in [3.8, 4) is 11.1 Å². The first-order valence-electron chi connectivity index (χ1n) is 6.36. The fourth-order valence-electron chi connectivity index (χ4n) is 2.16. The molecule has 130 valence electrons. The standard InChI is InChI=1S/C14H6ClF3N2O5/c15-13(21)8-3-1-7(2-4-8)12-10(14(16,17)18)5-9(19(22)23)6-11(12)20(24)25/h1-6H. The van der Waals surface area contributed by atoms with Crippen molar-refractivity contribution in [1.82, 2.24) is 0 Å². The first kappa shape index (κ1) is 18.3. The third-order valence-electron chi connectivity index (χ3n) is 3.22. The van der Waals surface area contributed by atoms with Gasteiger partial charge in [-0.25, -0.2) is 0 Å². The van der Waals surface area contributed by atoms with Gasteiger partial charge in [-0.15, -0.1) is 0 Å². The molecule has 25 heavy (non-hydrogen) atoms. The molecule has 0 aliphatic rings. The number of nitrogens with zero attached hydrogens (tertiary/aromatic N) is 2. The van der Waals surface area contributed by atoms with Crippen LogP contribution in [0.25, 0.3) is 11.1 Å². The molecule has 2 aromatic rings. The van der Waals surface area contributed by atoms with Crippen molar-refractivity contribution in [1.29, 1.82) is 0 Å². The quantitative estimate of drug-likeness (QED) is 0.443. The molecule has 0 bridgehead atoms. The lowest BCUT2D eigenvalue weighted by Crippen LogP contribution is -2.10. The maximum absolute atomic E-state index is 13.3. The van der Waals surface area contributed by atoms with Crippen LogP contribution in [0.5, 0.6) is 0 Å². The van der Waals surface area contributed by atoms with Crippen LogP contribution in [0.15, 0.2) is 36.4 Å². The van der Waals surface area contributed by atoms with E-state index in [1.807, 2.05) is 0 Å². The van der Waals surface area contributed by atoms with Crippen molar-refractivity contribution in [2.75, 3.05) is 0 Å². The normalized spacial score (nSPS) is 11.2. The van der Waals surface area contributed by atoms with E-state index >= 15 is 0 Å². The first-order valence-corrected chi connectivity index (χ1v) is 6.74. The molecule has 0 heterocycles. The van der Waals surface area contributed by atoms with Gasteiger partial charge < -0.3 is 0 Å². The molecule has 0 amide bonds. The van der Waals surface area contributed by atoms with Crippen molar-refractivity contribution in [3.63, 3.8) is 0 Å².